The SMILES string of the molecule is CC(=O)Nc1ccc(CC(=O)OCC(=O)N2CCCC[C@@H]2C(N)=O)cc1. The minimum absolute atomic E-state index is 0.00682. The maximum absolute atomic E-state index is 12.2. The Morgan fingerprint density at radius 2 is 1.88 bits per heavy atom. The zero-order chi connectivity index (χ0) is 19.1. The lowest BCUT2D eigenvalue weighted by Crippen LogP contribution is -2.51. The van der Waals surface area contributed by atoms with Gasteiger partial charge in [0, 0.05) is 19.2 Å². The average Bonchev–Trinajstić information content (AvgIpc) is 2.61. The van der Waals surface area contributed by atoms with E-state index in [0.29, 0.717) is 24.2 Å². The number of piperidine rings is 1. The molecule has 3 amide bonds. The highest BCUT2D eigenvalue weighted by Crippen LogP contribution is 2.17. The number of nitrogens with zero attached hydrogens (tertiary/aromatic N) is 1. The molecule has 1 fully saturated rings. The van der Waals surface area contributed by atoms with Crippen molar-refractivity contribution in [1.29, 1.82) is 0 Å². The van der Waals surface area contributed by atoms with E-state index in [-0.39, 0.29) is 12.3 Å². The maximum atomic E-state index is 12.2. The van der Waals surface area contributed by atoms with Crippen molar-refractivity contribution >= 4 is 29.4 Å². The van der Waals surface area contributed by atoms with Crippen LogP contribution in [-0.4, -0.2) is 47.8 Å². The molecule has 140 valence electrons. The van der Waals surface area contributed by atoms with Crippen molar-refractivity contribution in [3.05, 3.63) is 29.8 Å². The molecular formula is C18H23N3O5. The van der Waals surface area contributed by atoms with Crippen molar-refractivity contribution in [1.82, 2.24) is 4.90 Å². The first-order valence-corrected chi connectivity index (χ1v) is 8.47. The minimum Gasteiger partial charge on any atom is -0.455 e. The largest absolute Gasteiger partial charge is 0.455 e. The number of carbonyl (C=O) groups excluding carboxylic acids is 4. The van der Waals surface area contributed by atoms with E-state index in [1.165, 1.54) is 11.8 Å². The van der Waals surface area contributed by atoms with Gasteiger partial charge in [0.25, 0.3) is 5.91 Å². The van der Waals surface area contributed by atoms with E-state index < -0.39 is 30.4 Å². The van der Waals surface area contributed by atoms with E-state index in [4.69, 9.17) is 10.5 Å². The highest BCUT2D eigenvalue weighted by molar-refractivity contribution is 5.89. The monoisotopic (exact) mass is 361 g/mol. The molecule has 0 spiro atoms. The van der Waals surface area contributed by atoms with Gasteiger partial charge in [-0.05, 0) is 37.0 Å². The molecule has 1 aliphatic rings. The molecule has 1 atom stereocenters. The van der Waals surface area contributed by atoms with Gasteiger partial charge in [-0.2, -0.15) is 0 Å². The van der Waals surface area contributed by atoms with Crippen LogP contribution in [0.5, 0.6) is 0 Å². The summed E-state index contributed by atoms with van der Waals surface area (Å²) in [5, 5.41) is 2.63. The number of benzene rings is 1. The lowest BCUT2D eigenvalue weighted by molar-refractivity contribution is -0.154. The first-order chi connectivity index (χ1) is 12.4. The normalized spacial score (nSPS) is 16.7. The number of nitrogens with two attached hydrogens (primary N) is 1. The molecule has 0 saturated carbocycles. The summed E-state index contributed by atoms with van der Waals surface area (Å²) in [6.07, 6.45) is 2.18. The summed E-state index contributed by atoms with van der Waals surface area (Å²) in [6.45, 7) is 1.44. The standard InChI is InChI=1S/C18H23N3O5/c1-12(22)20-14-7-5-13(6-8-14)10-17(24)26-11-16(23)21-9-3-2-4-15(21)18(19)25/h5-8,15H,2-4,9-11H2,1H3,(H2,19,25)(H,20,22)/t15-/m1/s1. The molecule has 26 heavy (non-hydrogen) atoms. The van der Waals surface area contributed by atoms with Crippen LogP contribution in [0.15, 0.2) is 24.3 Å². The average molecular weight is 361 g/mol. The van der Waals surface area contributed by atoms with Crippen LogP contribution in [0.4, 0.5) is 5.69 Å². The Hall–Kier alpha value is -2.90. The van der Waals surface area contributed by atoms with E-state index >= 15 is 0 Å². The van der Waals surface area contributed by atoms with Gasteiger partial charge in [0.15, 0.2) is 6.61 Å². The number of hydrogen-bond donors (Lipinski definition) is 2. The lowest BCUT2D eigenvalue weighted by atomic mass is 10.0. The van der Waals surface area contributed by atoms with Crippen molar-refractivity contribution in [3.8, 4) is 0 Å². The van der Waals surface area contributed by atoms with Gasteiger partial charge in [0.1, 0.15) is 6.04 Å². The van der Waals surface area contributed by atoms with Gasteiger partial charge in [-0.1, -0.05) is 12.1 Å². The molecule has 0 unspecified atom stereocenters. The Morgan fingerprint density at radius 3 is 2.50 bits per heavy atom. The predicted molar refractivity (Wildman–Crippen MR) is 94.0 cm³/mol. The number of rotatable bonds is 6. The molecule has 0 bridgehead atoms. The van der Waals surface area contributed by atoms with E-state index in [1.807, 2.05) is 0 Å². The molecule has 1 aromatic rings. The van der Waals surface area contributed by atoms with Crippen LogP contribution in [-0.2, 0) is 30.3 Å². The van der Waals surface area contributed by atoms with Gasteiger partial charge in [0.05, 0.1) is 6.42 Å². The molecule has 1 heterocycles. The van der Waals surface area contributed by atoms with Crippen LogP contribution >= 0.6 is 0 Å². The van der Waals surface area contributed by atoms with Gasteiger partial charge in [-0.15, -0.1) is 0 Å². The number of primary amides is 1. The van der Waals surface area contributed by atoms with Crippen LogP contribution in [0.3, 0.4) is 0 Å². The number of ether oxygens (including phenoxy) is 1. The van der Waals surface area contributed by atoms with Crippen LogP contribution in [0.1, 0.15) is 31.7 Å². The number of anilines is 1. The quantitative estimate of drug-likeness (QED) is 0.719. The van der Waals surface area contributed by atoms with Crippen molar-refractivity contribution in [3.63, 3.8) is 0 Å². The molecular weight excluding hydrogens is 338 g/mol. The smallest absolute Gasteiger partial charge is 0.310 e. The van der Waals surface area contributed by atoms with Crippen molar-refractivity contribution in [2.24, 2.45) is 5.73 Å². The fourth-order valence-corrected chi connectivity index (χ4v) is 2.88. The zero-order valence-corrected chi connectivity index (χ0v) is 14.7. The molecule has 1 aromatic carbocycles. The minimum atomic E-state index is -0.628. The molecule has 8 heteroatoms. The van der Waals surface area contributed by atoms with E-state index in [2.05, 4.69) is 5.32 Å². The van der Waals surface area contributed by atoms with Crippen LogP contribution in [0.2, 0.25) is 0 Å². The third-order valence-corrected chi connectivity index (χ3v) is 4.13. The molecule has 1 saturated heterocycles. The highest BCUT2D eigenvalue weighted by Gasteiger charge is 2.30. The summed E-state index contributed by atoms with van der Waals surface area (Å²) in [5.41, 5.74) is 6.66. The van der Waals surface area contributed by atoms with Crippen molar-refractivity contribution in [2.75, 3.05) is 18.5 Å². The van der Waals surface area contributed by atoms with Crippen LogP contribution in [0, 0.1) is 0 Å². The summed E-state index contributed by atoms with van der Waals surface area (Å²) in [5.74, 6) is -1.67. The van der Waals surface area contributed by atoms with Gasteiger partial charge in [0.2, 0.25) is 11.8 Å². The number of amides is 3. The van der Waals surface area contributed by atoms with E-state index in [9.17, 15) is 19.2 Å². The molecule has 0 radical (unpaired) electrons. The predicted octanol–water partition coefficient (Wildman–Crippen LogP) is 0.597. The maximum Gasteiger partial charge on any atom is 0.310 e. The van der Waals surface area contributed by atoms with Gasteiger partial charge in [-0.25, -0.2) is 0 Å². The Bertz CT molecular complexity index is 687. The van der Waals surface area contributed by atoms with E-state index in [1.54, 1.807) is 24.3 Å². The second-order valence-corrected chi connectivity index (χ2v) is 6.22. The van der Waals surface area contributed by atoms with Gasteiger partial charge < -0.3 is 20.7 Å². The first-order valence-electron chi connectivity index (χ1n) is 8.47. The molecule has 1 aliphatic heterocycles. The van der Waals surface area contributed by atoms with Gasteiger partial charge >= 0.3 is 5.97 Å². The Balaban J connectivity index is 1.83. The number of esters is 1. The molecule has 2 rings (SSSR count). The number of carbonyl (C=O) groups is 4. The van der Waals surface area contributed by atoms with Crippen molar-refractivity contribution in [2.45, 2.75) is 38.6 Å². The van der Waals surface area contributed by atoms with Crippen molar-refractivity contribution < 1.29 is 23.9 Å². The zero-order valence-electron chi connectivity index (χ0n) is 14.7. The fourth-order valence-electron chi connectivity index (χ4n) is 2.88. The lowest BCUT2D eigenvalue weighted by Gasteiger charge is -2.33. The first kappa shape index (κ1) is 19.4. The summed E-state index contributed by atoms with van der Waals surface area (Å²) in [4.78, 5) is 47.9. The molecule has 0 aliphatic carbocycles. The Labute approximate surface area is 151 Å². The molecule has 3 N–H and O–H groups in total. The second kappa shape index (κ2) is 8.98. The van der Waals surface area contributed by atoms with Crippen LogP contribution in [0.25, 0.3) is 0 Å². The molecule has 8 nitrogen and oxygen atoms in total. The Morgan fingerprint density at radius 1 is 1.19 bits per heavy atom. The topological polar surface area (TPSA) is 119 Å². The Kier molecular flexibility index (Phi) is 6.71. The van der Waals surface area contributed by atoms with Gasteiger partial charge in [-0.3, -0.25) is 19.2 Å². The van der Waals surface area contributed by atoms with E-state index in [0.717, 1.165) is 12.8 Å². The third-order valence-electron chi connectivity index (χ3n) is 4.13. The number of likely N-dealkylation sites (tertiary alicyclic amines) is 1. The van der Waals surface area contributed by atoms with Crippen LogP contribution < -0.4 is 11.1 Å². The third kappa shape index (κ3) is 5.58. The summed E-state index contributed by atoms with van der Waals surface area (Å²) >= 11 is 0. The number of nitrogens with one attached hydrogen (secondary N) is 1. The number of hydrogen-bond acceptors (Lipinski definition) is 5. The fraction of sp³-hybridized carbons (Fsp3) is 0.444. The molecule has 0 aromatic heterocycles. The highest BCUT2D eigenvalue weighted by atomic mass is 16.5. The summed E-state index contributed by atoms with van der Waals surface area (Å²) in [6, 6.07) is 6.13. The second-order valence-electron chi connectivity index (χ2n) is 6.22. The summed E-state index contributed by atoms with van der Waals surface area (Å²) < 4.78 is 5.03. The summed E-state index contributed by atoms with van der Waals surface area (Å²) in [7, 11) is 0.